The van der Waals surface area contributed by atoms with Crippen molar-refractivity contribution in [1.82, 2.24) is 10.2 Å². The summed E-state index contributed by atoms with van der Waals surface area (Å²) in [6.45, 7) is 3.85. The Morgan fingerprint density at radius 2 is 1.55 bits per heavy atom. The average molecular weight is 556 g/mol. The number of benzene rings is 3. The summed E-state index contributed by atoms with van der Waals surface area (Å²) in [5.41, 5.74) is 2.69. The molecule has 0 bridgehead atoms. The Bertz CT molecular complexity index is 1330. The number of amides is 2. The fourth-order valence-corrected chi connectivity index (χ4v) is 5.21. The van der Waals surface area contributed by atoms with Crippen LogP contribution in [-0.4, -0.2) is 50.5 Å². The lowest BCUT2D eigenvalue weighted by atomic mass is 10.0. The maximum Gasteiger partial charge on any atom is 0.244 e. The molecule has 202 valence electrons. The van der Waals surface area contributed by atoms with E-state index < -0.39 is 28.5 Å². The summed E-state index contributed by atoms with van der Waals surface area (Å²) in [4.78, 5) is 28.9. The Morgan fingerprint density at radius 1 is 0.947 bits per heavy atom. The minimum atomic E-state index is -3.85. The number of aryl methyl sites for hydroxylation is 1. The third kappa shape index (κ3) is 8.07. The molecule has 0 aliphatic rings. The van der Waals surface area contributed by atoms with Crippen LogP contribution >= 0.6 is 11.6 Å². The first-order valence-electron chi connectivity index (χ1n) is 12.5. The molecule has 7 nitrogen and oxygen atoms in total. The molecule has 3 aromatic carbocycles. The average Bonchev–Trinajstić information content (AvgIpc) is 2.89. The van der Waals surface area contributed by atoms with Crippen molar-refractivity contribution in [3.05, 3.63) is 101 Å². The SMILES string of the molecule is CCCNC(=O)[C@@H](Cc1ccccc1)N(Cc1ccccc1)C(=O)CN(c1cc(Cl)ccc1C)S(C)(=O)=O. The standard InChI is InChI=1S/C29H34ClN3O4S/c1-4-17-31-29(35)27(18-23-11-7-5-8-12-23)32(20-24-13-9-6-10-14-24)28(34)21-33(38(3,36)37)26-19-25(30)16-15-22(26)2/h5-16,19,27H,4,17-18,20-21H2,1-3H3,(H,31,35)/t27-/m1/s1. The maximum atomic E-state index is 14.0. The summed E-state index contributed by atoms with van der Waals surface area (Å²) in [6, 6.07) is 22.9. The van der Waals surface area contributed by atoms with E-state index >= 15 is 0 Å². The Kier molecular flexibility index (Phi) is 10.3. The zero-order valence-electron chi connectivity index (χ0n) is 21.9. The summed E-state index contributed by atoms with van der Waals surface area (Å²) in [5, 5.41) is 3.28. The number of anilines is 1. The molecule has 0 aromatic heterocycles. The van der Waals surface area contributed by atoms with Crippen LogP contribution in [-0.2, 0) is 32.6 Å². The lowest BCUT2D eigenvalue weighted by Crippen LogP contribution is -2.53. The molecule has 3 aromatic rings. The van der Waals surface area contributed by atoms with Crippen LogP contribution in [0.15, 0.2) is 78.9 Å². The van der Waals surface area contributed by atoms with Crippen molar-refractivity contribution in [2.45, 2.75) is 39.3 Å². The zero-order chi connectivity index (χ0) is 27.7. The van der Waals surface area contributed by atoms with Gasteiger partial charge in [0.1, 0.15) is 12.6 Å². The third-order valence-corrected chi connectivity index (χ3v) is 7.50. The number of nitrogens with one attached hydrogen (secondary N) is 1. The van der Waals surface area contributed by atoms with E-state index in [9.17, 15) is 18.0 Å². The lowest BCUT2D eigenvalue weighted by molar-refractivity contribution is -0.140. The van der Waals surface area contributed by atoms with Crippen LogP contribution in [0, 0.1) is 6.92 Å². The molecule has 9 heteroatoms. The Balaban J connectivity index is 2.04. The molecule has 0 radical (unpaired) electrons. The molecule has 1 N–H and O–H groups in total. The van der Waals surface area contributed by atoms with Crippen LogP contribution in [0.3, 0.4) is 0 Å². The van der Waals surface area contributed by atoms with Gasteiger partial charge < -0.3 is 10.2 Å². The van der Waals surface area contributed by atoms with Gasteiger partial charge in [0.2, 0.25) is 21.8 Å². The Hall–Kier alpha value is -3.36. The normalized spacial score (nSPS) is 12.0. The van der Waals surface area contributed by atoms with Crippen molar-refractivity contribution in [2.24, 2.45) is 0 Å². The second-order valence-corrected chi connectivity index (χ2v) is 11.5. The van der Waals surface area contributed by atoms with Gasteiger partial charge in [-0.25, -0.2) is 8.42 Å². The lowest BCUT2D eigenvalue weighted by Gasteiger charge is -2.33. The molecule has 0 saturated heterocycles. The van der Waals surface area contributed by atoms with Crippen LogP contribution < -0.4 is 9.62 Å². The third-order valence-electron chi connectivity index (χ3n) is 6.14. The Labute approximate surface area is 230 Å². The van der Waals surface area contributed by atoms with Crippen LogP contribution in [0.2, 0.25) is 5.02 Å². The number of nitrogens with zero attached hydrogens (tertiary/aromatic N) is 2. The number of carbonyl (C=O) groups is 2. The first-order chi connectivity index (χ1) is 18.1. The van der Waals surface area contributed by atoms with Crippen LogP contribution in [0.1, 0.15) is 30.0 Å². The predicted octanol–water partition coefficient (Wildman–Crippen LogP) is 4.58. The maximum absolute atomic E-state index is 14.0. The van der Waals surface area contributed by atoms with Crippen molar-refractivity contribution in [2.75, 3.05) is 23.7 Å². The summed E-state index contributed by atoms with van der Waals surface area (Å²) in [5.74, 6) is -0.781. The van der Waals surface area contributed by atoms with Crippen LogP contribution in [0.25, 0.3) is 0 Å². The second-order valence-electron chi connectivity index (χ2n) is 9.20. The minimum Gasteiger partial charge on any atom is -0.354 e. The molecule has 1 atom stereocenters. The molecule has 0 aliphatic heterocycles. The van der Waals surface area contributed by atoms with E-state index in [0.29, 0.717) is 22.8 Å². The first kappa shape index (κ1) is 29.2. The van der Waals surface area contributed by atoms with Gasteiger partial charge >= 0.3 is 0 Å². The highest BCUT2D eigenvalue weighted by Crippen LogP contribution is 2.27. The van der Waals surface area contributed by atoms with Crippen molar-refractivity contribution >= 4 is 39.1 Å². The van der Waals surface area contributed by atoms with E-state index in [2.05, 4.69) is 5.32 Å². The summed E-state index contributed by atoms with van der Waals surface area (Å²) < 4.78 is 26.8. The summed E-state index contributed by atoms with van der Waals surface area (Å²) in [7, 11) is -3.85. The van der Waals surface area contributed by atoms with Gasteiger partial charge in [-0.15, -0.1) is 0 Å². The first-order valence-corrected chi connectivity index (χ1v) is 14.7. The molecular formula is C29H34ClN3O4S. The number of hydrogen-bond donors (Lipinski definition) is 1. The molecule has 0 heterocycles. The highest BCUT2D eigenvalue weighted by atomic mass is 35.5. The fourth-order valence-electron chi connectivity index (χ4n) is 4.15. The molecule has 38 heavy (non-hydrogen) atoms. The van der Waals surface area contributed by atoms with Crippen molar-refractivity contribution in [1.29, 1.82) is 0 Å². The van der Waals surface area contributed by atoms with Crippen molar-refractivity contribution in [3.63, 3.8) is 0 Å². The van der Waals surface area contributed by atoms with Gasteiger partial charge in [-0.3, -0.25) is 13.9 Å². The molecule has 3 rings (SSSR count). The second kappa shape index (κ2) is 13.4. The van der Waals surface area contributed by atoms with Gasteiger partial charge in [0.05, 0.1) is 11.9 Å². The summed E-state index contributed by atoms with van der Waals surface area (Å²) in [6.07, 6.45) is 2.08. The zero-order valence-corrected chi connectivity index (χ0v) is 23.5. The fraction of sp³-hybridized carbons (Fsp3) is 0.310. The van der Waals surface area contributed by atoms with Gasteiger partial charge in [-0.05, 0) is 42.2 Å². The molecule has 0 saturated carbocycles. The number of carbonyl (C=O) groups excluding carboxylic acids is 2. The Morgan fingerprint density at radius 3 is 2.13 bits per heavy atom. The molecule has 0 spiro atoms. The largest absolute Gasteiger partial charge is 0.354 e. The van der Waals surface area contributed by atoms with Crippen LogP contribution in [0.4, 0.5) is 5.69 Å². The van der Waals surface area contributed by atoms with Gasteiger partial charge in [0.25, 0.3) is 0 Å². The van der Waals surface area contributed by atoms with Gasteiger partial charge in [-0.1, -0.05) is 85.3 Å². The number of sulfonamides is 1. The predicted molar refractivity (Wildman–Crippen MR) is 153 cm³/mol. The number of halogens is 1. The van der Waals surface area contributed by atoms with Crippen molar-refractivity contribution in [3.8, 4) is 0 Å². The van der Waals surface area contributed by atoms with Gasteiger partial charge in [-0.2, -0.15) is 0 Å². The van der Waals surface area contributed by atoms with E-state index in [-0.39, 0.29) is 18.9 Å². The number of hydrogen-bond acceptors (Lipinski definition) is 4. The van der Waals surface area contributed by atoms with E-state index in [0.717, 1.165) is 28.1 Å². The number of rotatable bonds is 12. The van der Waals surface area contributed by atoms with E-state index in [1.165, 1.54) is 11.0 Å². The van der Waals surface area contributed by atoms with E-state index in [1.54, 1.807) is 19.1 Å². The van der Waals surface area contributed by atoms with Crippen LogP contribution in [0.5, 0.6) is 0 Å². The highest BCUT2D eigenvalue weighted by Gasteiger charge is 2.33. The van der Waals surface area contributed by atoms with E-state index in [1.807, 2.05) is 67.6 Å². The minimum absolute atomic E-state index is 0.142. The van der Waals surface area contributed by atoms with Gasteiger partial charge in [0.15, 0.2) is 0 Å². The molecule has 0 fully saturated rings. The molecular weight excluding hydrogens is 522 g/mol. The van der Waals surface area contributed by atoms with Crippen molar-refractivity contribution < 1.29 is 18.0 Å². The highest BCUT2D eigenvalue weighted by molar-refractivity contribution is 7.92. The monoisotopic (exact) mass is 555 g/mol. The molecule has 2 amide bonds. The summed E-state index contributed by atoms with van der Waals surface area (Å²) >= 11 is 6.18. The topological polar surface area (TPSA) is 86.8 Å². The molecule has 0 aliphatic carbocycles. The smallest absolute Gasteiger partial charge is 0.244 e. The van der Waals surface area contributed by atoms with E-state index in [4.69, 9.17) is 11.6 Å². The van der Waals surface area contributed by atoms with Gasteiger partial charge in [0, 0.05) is 24.5 Å². The molecule has 0 unspecified atom stereocenters. The quantitative estimate of drug-likeness (QED) is 0.354.